The zero-order valence-electron chi connectivity index (χ0n) is 13.1. The molecule has 24 heavy (non-hydrogen) atoms. The largest absolute Gasteiger partial charge is 0.293 e. The van der Waals surface area contributed by atoms with Crippen LogP contribution in [0.25, 0.3) is 0 Å². The number of carbonyl (C=O) groups is 1. The third-order valence-electron chi connectivity index (χ3n) is 4.14. The van der Waals surface area contributed by atoms with Crippen LogP contribution in [0.2, 0.25) is 0 Å². The number of benzene rings is 2. The lowest BCUT2D eigenvalue weighted by atomic mass is 9.97. The average Bonchev–Trinajstić information content (AvgIpc) is 2.72. The van der Waals surface area contributed by atoms with Crippen LogP contribution in [0.4, 0.5) is 5.69 Å². The van der Waals surface area contributed by atoms with Crippen LogP contribution in [0.1, 0.15) is 22.3 Å². The first-order valence-electron chi connectivity index (χ1n) is 7.57. The van der Waals surface area contributed by atoms with Crippen LogP contribution in [0, 0.1) is 24.2 Å². The first kappa shape index (κ1) is 16.2. The fraction of sp³-hybridized carbons (Fsp3) is 0.222. The molecule has 1 atom stereocenters. The highest BCUT2D eigenvalue weighted by atomic mass is 32.2. The van der Waals surface area contributed by atoms with E-state index in [-0.39, 0.29) is 29.2 Å². The summed E-state index contributed by atoms with van der Waals surface area (Å²) in [7, 11) is -3.80. The Labute approximate surface area is 141 Å². The summed E-state index contributed by atoms with van der Waals surface area (Å²) in [6.45, 7) is 1.98. The van der Waals surface area contributed by atoms with E-state index in [2.05, 4.69) is 0 Å². The molecule has 1 heterocycles. The number of hydrogen-bond donors (Lipinski definition) is 0. The molecular weight excluding hydrogens is 324 g/mol. The lowest BCUT2D eigenvalue weighted by molar-refractivity contribution is 0.0949. The minimum Gasteiger partial charge on any atom is -0.293 e. The van der Waals surface area contributed by atoms with Gasteiger partial charge < -0.3 is 0 Å². The molecule has 0 amide bonds. The SMILES string of the molecule is Cc1ccc(S(=O)(=O)N2CC[C@H](C#N)C(=O)c3ccccc32)cc1. The van der Waals surface area contributed by atoms with E-state index in [1.807, 2.05) is 13.0 Å². The van der Waals surface area contributed by atoms with Gasteiger partial charge in [0, 0.05) is 12.1 Å². The molecule has 0 radical (unpaired) electrons. The van der Waals surface area contributed by atoms with Gasteiger partial charge in [0.2, 0.25) is 0 Å². The second-order valence-corrected chi connectivity index (χ2v) is 7.60. The third-order valence-corrected chi connectivity index (χ3v) is 5.97. The molecule has 0 saturated heterocycles. The maximum absolute atomic E-state index is 13.0. The Bertz CT molecular complexity index is 927. The van der Waals surface area contributed by atoms with Crippen molar-refractivity contribution in [2.45, 2.75) is 18.2 Å². The molecule has 0 spiro atoms. The van der Waals surface area contributed by atoms with Gasteiger partial charge in [0.1, 0.15) is 5.92 Å². The molecule has 0 aromatic heterocycles. The molecule has 122 valence electrons. The number of rotatable bonds is 2. The maximum atomic E-state index is 13.0. The standard InChI is InChI=1S/C18H16N2O3S/c1-13-6-8-15(9-7-13)24(22,23)20-11-10-14(12-19)18(21)16-4-2-3-5-17(16)20/h2-9,14H,10-11H2,1H3/t14-/m1/s1. The second-order valence-electron chi connectivity index (χ2n) is 5.74. The highest BCUT2D eigenvalue weighted by Gasteiger charge is 2.34. The second kappa shape index (κ2) is 6.10. The van der Waals surface area contributed by atoms with Gasteiger partial charge in [-0.3, -0.25) is 9.10 Å². The molecule has 0 unspecified atom stereocenters. The fourth-order valence-electron chi connectivity index (χ4n) is 2.80. The van der Waals surface area contributed by atoms with E-state index < -0.39 is 15.9 Å². The zero-order chi connectivity index (χ0) is 17.3. The monoisotopic (exact) mass is 340 g/mol. The Morgan fingerprint density at radius 2 is 1.79 bits per heavy atom. The predicted molar refractivity (Wildman–Crippen MR) is 90.2 cm³/mol. The van der Waals surface area contributed by atoms with Gasteiger partial charge in [0.05, 0.1) is 16.7 Å². The number of nitrogens with zero attached hydrogens (tertiary/aromatic N) is 2. The molecule has 5 nitrogen and oxygen atoms in total. The van der Waals surface area contributed by atoms with E-state index in [9.17, 15) is 18.5 Å². The van der Waals surface area contributed by atoms with Crippen molar-refractivity contribution >= 4 is 21.5 Å². The van der Waals surface area contributed by atoms with E-state index in [1.54, 1.807) is 48.5 Å². The first-order chi connectivity index (χ1) is 11.4. The summed E-state index contributed by atoms with van der Waals surface area (Å²) in [6.07, 6.45) is 0.176. The number of fused-ring (bicyclic) bond motifs is 1. The van der Waals surface area contributed by atoms with Gasteiger partial charge in [-0.2, -0.15) is 5.26 Å². The number of anilines is 1. The zero-order valence-corrected chi connectivity index (χ0v) is 14.0. The van der Waals surface area contributed by atoms with Crippen LogP contribution in [0.3, 0.4) is 0 Å². The molecule has 1 aliphatic rings. The van der Waals surface area contributed by atoms with Crippen molar-refractivity contribution in [2.24, 2.45) is 5.92 Å². The smallest absolute Gasteiger partial charge is 0.264 e. The number of para-hydroxylation sites is 1. The summed E-state index contributed by atoms with van der Waals surface area (Å²) < 4.78 is 27.3. The molecule has 0 fully saturated rings. The normalized spacial score (nSPS) is 17.8. The fourth-order valence-corrected chi connectivity index (χ4v) is 4.29. The van der Waals surface area contributed by atoms with Crippen molar-refractivity contribution in [1.82, 2.24) is 0 Å². The Hall–Kier alpha value is -2.65. The summed E-state index contributed by atoms with van der Waals surface area (Å²) in [5.41, 5.74) is 1.57. The summed E-state index contributed by atoms with van der Waals surface area (Å²) in [4.78, 5) is 12.6. The first-order valence-corrected chi connectivity index (χ1v) is 9.01. The Kier molecular flexibility index (Phi) is 4.12. The molecule has 0 bridgehead atoms. The Morgan fingerprint density at radius 1 is 1.12 bits per heavy atom. The lowest BCUT2D eigenvalue weighted by Crippen LogP contribution is -2.32. The minimum atomic E-state index is -3.80. The van der Waals surface area contributed by atoms with Gasteiger partial charge >= 0.3 is 0 Å². The number of nitriles is 1. The topological polar surface area (TPSA) is 78.2 Å². The maximum Gasteiger partial charge on any atom is 0.264 e. The number of carbonyl (C=O) groups excluding carboxylic acids is 1. The molecule has 6 heteroatoms. The van der Waals surface area contributed by atoms with Crippen molar-refractivity contribution in [3.8, 4) is 6.07 Å². The molecular formula is C18H16N2O3S. The van der Waals surface area contributed by atoms with Crippen LogP contribution in [-0.2, 0) is 10.0 Å². The molecule has 0 N–H and O–H groups in total. The van der Waals surface area contributed by atoms with Crippen molar-refractivity contribution < 1.29 is 13.2 Å². The summed E-state index contributed by atoms with van der Waals surface area (Å²) in [6, 6.07) is 15.1. The van der Waals surface area contributed by atoms with Gasteiger partial charge in [-0.1, -0.05) is 29.8 Å². The third kappa shape index (κ3) is 2.68. The van der Waals surface area contributed by atoms with Gasteiger partial charge in [0.15, 0.2) is 5.78 Å². The lowest BCUT2D eigenvalue weighted by Gasteiger charge is -2.24. The number of hydrogen-bond acceptors (Lipinski definition) is 4. The van der Waals surface area contributed by atoms with Crippen LogP contribution in [0.5, 0.6) is 0 Å². The van der Waals surface area contributed by atoms with Crippen LogP contribution >= 0.6 is 0 Å². The molecule has 3 rings (SSSR count). The molecule has 2 aromatic carbocycles. The Morgan fingerprint density at radius 3 is 2.46 bits per heavy atom. The van der Waals surface area contributed by atoms with Crippen LogP contribution in [-0.4, -0.2) is 20.7 Å². The van der Waals surface area contributed by atoms with Crippen molar-refractivity contribution in [3.05, 3.63) is 59.7 Å². The van der Waals surface area contributed by atoms with Crippen molar-refractivity contribution in [2.75, 3.05) is 10.8 Å². The number of sulfonamides is 1. The highest BCUT2D eigenvalue weighted by molar-refractivity contribution is 7.92. The predicted octanol–water partition coefficient (Wildman–Crippen LogP) is 2.92. The summed E-state index contributed by atoms with van der Waals surface area (Å²) in [5.74, 6) is -1.15. The number of ketones is 1. The molecule has 0 aliphatic carbocycles. The van der Waals surface area contributed by atoms with E-state index in [0.29, 0.717) is 5.69 Å². The molecule has 2 aromatic rings. The number of Topliss-reactive ketones (excluding diaryl/α,β-unsaturated/α-hetero) is 1. The van der Waals surface area contributed by atoms with E-state index in [1.165, 1.54) is 4.31 Å². The Balaban J connectivity index is 2.14. The summed E-state index contributed by atoms with van der Waals surface area (Å²) >= 11 is 0. The quantitative estimate of drug-likeness (QED) is 0.842. The van der Waals surface area contributed by atoms with Gasteiger partial charge in [0.25, 0.3) is 10.0 Å². The van der Waals surface area contributed by atoms with Gasteiger partial charge in [-0.05, 0) is 37.6 Å². The van der Waals surface area contributed by atoms with E-state index >= 15 is 0 Å². The average molecular weight is 340 g/mol. The van der Waals surface area contributed by atoms with E-state index in [0.717, 1.165) is 5.56 Å². The van der Waals surface area contributed by atoms with E-state index in [4.69, 9.17) is 0 Å². The van der Waals surface area contributed by atoms with Crippen LogP contribution in [0.15, 0.2) is 53.4 Å². The van der Waals surface area contributed by atoms with Crippen molar-refractivity contribution in [1.29, 1.82) is 5.26 Å². The van der Waals surface area contributed by atoms with Crippen molar-refractivity contribution in [3.63, 3.8) is 0 Å². The summed E-state index contributed by atoms with van der Waals surface area (Å²) in [5, 5.41) is 9.21. The van der Waals surface area contributed by atoms with Gasteiger partial charge in [-0.25, -0.2) is 8.42 Å². The van der Waals surface area contributed by atoms with Crippen LogP contribution < -0.4 is 4.31 Å². The molecule has 1 aliphatic heterocycles. The van der Waals surface area contributed by atoms with Gasteiger partial charge in [-0.15, -0.1) is 0 Å². The molecule has 0 saturated carbocycles. The minimum absolute atomic E-state index is 0.0944. The number of aryl methyl sites for hydroxylation is 1. The highest BCUT2D eigenvalue weighted by Crippen LogP contribution is 2.32.